The van der Waals surface area contributed by atoms with Crippen LogP contribution in [0, 0.1) is 0 Å². The van der Waals surface area contributed by atoms with Crippen LogP contribution in [0.15, 0.2) is 53.6 Å². The molecule has 0 saturated carbocycles. The molecule has 18 heavy (non-hydrogen) atoms. The molecule has 0 radical (unpaired) electrons. The van der Waals surface area contributed by atoms with Crippen LogP contribution in [0.4, 0.5) is 0 Å². The van der Waals surface area contributed by atoms with Crippen molar-refractivity contribution in [2.45, 2.75) is 0 Å². The quantitative estimate of drug-likeness (QED) is 0.726. The summed E-state index contributed by atoms with van der Waals surface area (Å²) in [5.41, 5.74) is 2.36. The van der Waals surface area contributed by atoms with Gasteiger partial charge in [-0.2, -0.15) is 0 Å². The monoisotopic (exact) mass is 256 g/mol. The molecule has 2 aromatic carbocycles. The van der Waals surface area contributed by atoms with Crippen molar-refractivity contribution in [3.8, 4) is 11.1 Å². The van der Waals surface area contributed by atoms with E-state index in [1.807, 2.05) is 30.3 Å². The number of hydrogen-bond donors (Lipinski definition) is 1. The van der Waals surface area contributed by atoms with E-state index in [1.165, 1.54) is 6.33 Å². The normalized spacial score (nSPS) is 10.7. The van der Waals surface area contributed by atoms with Gasteiger partial charge in [-0.3, -0.25) is 4.79 Å². The molecule has 1 heterocycles. The molecular weight excluding hydrogens is 248 g/mol. The van der Waals surface area contributed by atoms with E-state index in [1.54, 1.807) is 12.1 Å². The van der Waals surface area contributed by atoms with Crippen LogP contribution in [0.5, 0.6) is 0 Å². The minimum atomic E-state index is -0.134. The van der Waals surface area contributed by atoms with Crippen molar-refractivity contribution in [3.05, 3.63) is 64.2 Å². The summed E-state index contributed by atoms with van der Waals surface area (Å²) in [6, 6.07) is 13.0. The van der Waals surface area contributed by atoms with Crippen LogP contribution in [0.25, 0.3) is 22.0 Å². The number of halogens is 1. The Balaban J connectivity index is 2.36. The summed E-state index contributed by atoms with van der Waals surface area (Å²) in [7, 11) is 0. The Morgan fingerprint density at radius 3 is 2.61 bits per heavy atom. The summed E-state index contributed by atoms with van der Waals surface area (Å²) >= 11 is 5.87. The van der Waals surface area contributed by atoms with Gasteiger partial charge in [-0.05, 0) is 29.3 Å². The molecule has 0 aliphatic carbocycles. The van der Waals surface area contributed by atoms with E-state index < -0.39 is 0 Å². The third-order valence-corrected chi connectivity index (χ3v) is 3.08. The van der Waals surface area contributed by atoms with Crippen molar-refractivity contribution in [3.63, 3.8) is 0 Å². The highest BCUT2D eigenvalue weighted by atomic mass is 35.5. The Morgan fingerprint density at radius 1 is 1.06 bits per heavy atom. The second-order valence-electron chi connectivity index (χ2n) is 3.94. The van der Waals surface area contributed by atoms with E-state index >= 15 is 0 Å². The predicted octanol–water partition coefficient (Wildman–Crippen LogP) is 3.24. The first kappa shape index (κ1) is 11.0. The maximum Gasteiger partial charge on any atom is 0.259 e. The number of aromatic amines is 1. The fraction of sp³-hybridized carbons (Fsp3) is 0. The van der Waals surface area contributed by atoms with Gasteiger partial charge in [0.05, 0.1) is 17.2 Å². The molecule has 0 atom stereocenters. The van der Waals surface area contributed by atoms with Gasteiger partial charge in [0.15, 0.2) is 0 Å². The van der Waals surface area contributed by atoms with Gasteiger partial charge in [-0.15, -0.1) is 0 Å². The van der Waals surface area contributed by atoms with Crippen LogP contribution in [-0.4, -0.2) is 9.97 Å². The van der Waals surface area contributed by atoms with Crippen LogP contribution in [0.2, 0.25) is 5.02 Å². The molecule has 0 amide bonds. The lowest BCUT2D eigenvalue weighted by molar-refractivity contribution is 1.17. The van der Waals surface area contributed by atoms with Gasteiger partial charge < -0.3 is 4.98 Å². The summed E-state index contributed by atoms with van der Waals surface area (Å²) < 4.78 is 0. The lowest BCUT2D eigenvalue weighted by atomic mass is 10.0. The summed E-state index contributed by atoms with van der Waals surface area (Å²) in [6.45, 7) is 0. The van der Waals surface area contributed by atoms with Crippen molar-refractivity contribution in [2.24, 2.45) is 0 Å². The zero-order valence-electron chi connectivity index (χ0n) is 9.35. The highest BCUT2D eigenvalue weighted by Gasteiger charge is 2.07. The van der Waals surface area contributed by atoms with Gasteiger partial charge in [-0.25, -0.2) is 4.98 Å². The van der Waals surface area contributed by atoms with Crippen LogP contribution in [-0.2, 0) is 0 Å². The lowest BCUT2D eigenvalue weighted by Crippen LogP contribution is -2.07. The van der Waals surface area contributed by atoms with Crippen LogP contribution >= 0.6 is 11.6 Å². The Bertz CT molecular complexity index is 757. The number of aromatic nitrogens is 2. The van der Waals surface area contributed by atoms with E-state index in [9.17, 15) is 4.79 Å². The minimum Gasteiger partial charge on any atom is -0.313 e. The topological polar surface area (TPSA) is 45.8 Å². The lowest BCUT2D eigenvalue weighted by Gasteiger charge is -2.05. The number of fused-ring (bicyclic) bond motifs is 1. The third kappa shape index (κ3) is 1.79. The van der Waals surface area contributed by atoms with Crippen molar-refractivity contribution < 1.29 is 0 Å². The van der Waals surface area contributed by atoms with E-state index in [0.29, 0.717) is 15.9 Å². The van der Waals surface area contributed by atoms with Gasteiger partial charge in [0.2, 0.25) is 0 Å². The Morgan fingerprint density at radius 2 is 1.83 bits per heavy atom. The fourth-order valence-electron chi connectivity index (χ4n) is 1.99. The third-order valence-electron chi connectivity index (χ3n) is 2.82. The number of nitrogens with one attached hydrogen (secondary N) is 1. The molecule has 3 nitrogen and oxygen atoms in total. The second kappa shape index (κ2) is 4.27. The highest BCUT2D eigenvalue weighted by Crippen LogP contribution is 2.26. The SMILES string of the molecule is O=c1[nH]cnc2cccc(-c3ccc(Cl)cc3)c12. The molecule has 1 N–H and O–H groups in total. The molecule has 0 saturated heterocycles. The van der Waals surface area contributed by atoms with Crippen molar-refractivity contribution >= 4 is 22.5 Å². The van der Waals surface area contributed by atoms with E-state index in [0.717, 1.165) is 11.1 Å². The van der Waals surface area contributed by atoms with Gasteiger partial charge >= 0.3 is 0 Å². The fourth-order valence-corrected chi connectivity index (χ4v) is 2.11. The maximum absolute atomic E-state index is 11.9. The number of hydrogen-bond acceptors (Lipinski definition) is 2. The first-order chi connectivity index (χ1) is 8.75. The minimum absolute atomic E-state index is 0.134. The predicted molar refractivity (Wildman–Crippen MR) is 72.8 cm³/mol. The molecule has 0 unspecified atom stereocenters. The van der Waals surface area contributed by atoms with Gasteiger partial charge in [-0.1, -0.05) is 35.9 Å². The summed E-state index contributed by atoms with van der Waals surface area (Å²) in [5.74, 6) is 0. The van der Waals surface area contributed by atoms with Crippen LogP contribution < -0.4 is 5.56 Å². The molecule has 0 aliphatic heterocycles. The standard InChI is InChI=1S/C14H9ClN2O/c15-10-6-4-9(5-7-10)11-2-1-3-12-13(11)14(18)17-8-16-12/h1-8H,(H,16,17,18). The average Bonchev–Trinajstić information content (AvgIpc) is 2.39. The molecule has 0 fully saturated rings. The molecular formula is C14H9ClN2O. The van der Waals surface area contributed by atoms with E-state index in [4.69, 9.17) is 11.6 Å². The molecule has 0 spiro atoms. The zero-order valence-corrected chi connectivity index (χ0v) is 10.1. The average molecular weight is 257 g/mol. The molecule has 3 rings (SSSR count). The van der Waals surface area contributed by atoms with Crippen LogP contribution in [0.1, 0.15) is 0 Å². The van der Waals surface area contributed by atoms with Crippen molar-refractivity contribution in [2.75, 3.05) is 0 Å². The molecule has 3 aromatic rings. The number of nitrogens with zero attached hydrogens (tertiary/aromatic N) is 1. The number of H-pyrrole nitrogens is 1. The summed E-state index contributed by atoms with van der Waals surface area (Å²) in [6.07, 6.45) is 1.41. The van der Waals surface area contributed by atoms with E-state index in [2.05, 4.69) is 9.97 Å². The van der Waals surface area contributed by atoms with E-state index in [-0.39, 0.29) is 5.56 Å². The molecule has 4 heteroatoms. The Kier molecular flexibility index (Phi) is 2.61. The van der Waals surface area contributed by atoms with Crippen molar-refractivity contribution in [1.29, 1.82) is 0 Å². The molecule has 0 aliphatic rings. The number of rotatable bonds is 1. The summed E-state index contributed by atoms with van der Waals surface area (Å²) in [4.78, 5) is 18.7. The zero-order chi connectivity index (χ0) is 12.5. The smallest absolute Gasteiger partial charge is 0.259 e. The van der Waals surface area contributed by atoms with Gasteiger partial charge in [0.25, 0.3) is 5.56 Å². The largest absolute Gasteiger partial charge is 0.313 e. The molecule has 0 bridgehead atoms. The maximum atomic E-state index is 11.9. The van der Waals surface area contributed by atoms with Crippen molar-refractivity contribution in [1.82, 2.24) is 9.97 Å². The first-order valence-corrected chi connectivity index (χ1v) is 5.86. The highest BCUT2D eigenvalue weighted by molar-refractivity contribution is 6.30. The van der Waals surface area contributed by atoms with Crippen LogP contribution in [0.3, 0.4) is 0 Å². The Labute approximate surface area is 108 Å². The summed E-state index contributed by atoms with van der Waals surface area (Å²) in [5, 5.41) is 1.27. The Hall–Kier alpha value is -2.13. The van der Waals surface area contributed by atoms with Gasteiger partial charge in [0.1, 0.15) is 0 Å². The number of benzene rings is 2. The second-order valence-corrected chi connectivity index (χ2v) is 4.37. The van der Waals surface area contributed by atoms with Gasteiger partial charge in [0, 0.05) is 5.02 Å². The molecule has 88 valence electrons. The first-order valence-electron chi connectivity index (χ1n) is 5.48. The molecule has 1 aromatic heterocycles.